The van der Waals surface area contributed by atoms with Crippen LogP contribution in [0.1, 0.15) is 25.1 Å². The minimum atomic E-state index is -0.938. The summed E-state index contributed by atoms with van der Waals surface area (Å²) in [6.45, 7) is 1.76. The number of piperidine rings is 1. The monoisotopic (exact) mass is 438 g/mol. The second kappa shape index (κ2) is 7.51. The van der Waals surface area contributed by atoms with Gasteiger partial charge in [-0.1, -0.05) is 0 Å². The van der Waals surface area contributed by atoms with Crippen LogP contribution in [0.4, 0.5) is 10.2 Å². The summed E-state index contributed by atoms with van der Waals surface area (Å²) in [6, 6.07) is 6.76. The van der Waals surface area contributed by atoms with Gasteiger partial charge in [-0.15, -0.1) is 10.2 Å². The number of benzene rings is 1. The van der Waals surface area contributed by atoms with Crippen LogP contribution >= 0.6 is 0 Å². The van der Waals surface area contributed by atoms with Crippen LogP contribution in [0.5, 0.6) is 5.75 Å². The van der Waals surface area contributed by atoms with Gasteiger partial charge >= 0.3 is 0 Å². The maximum atomic E-state index is 15.2. The van der Waals surface area contributed by atoms with Crippen molar-refractivity contribution in [3.63, 3.8) is 0 Å². The first kappa shape index (κ1) is 20.8. The number of fused-ring (bicyclic) bond motifs is 3. The second-order valence-corrected chi connectivity index (χ2v) is 9.01. The molecule has 0 amide bonds. The molecule has 2 fully saturated rings. The number of anilines is 1. The predicted molar refractivity (Wildman–Crippen MR) is 121 cm³/mol. The van der Waals surface area contributed by atoms with E-state index in [1.807, 2.05) is 19.0 Å². The number of nitrogens with zero attached hydrogens (tertiary/aromatic N) is 6. The zero-order chi connectivity index (χ0) is 22.7. The van der Waals surface area contributed by atoms with Crippen molar-refractivity contribution in [2.75, 3.05) is 19.0 Å². The lowest BCUT2D eigenvalue weighted by Gasteiger charge is -2.43. The molecule has 2 aliphatic rings. The lowest BCUT2D eigenvalue weighted by Crippen LogP contribution is -2.56. The van der Waals surface area contributed by atoms with E-state index in [1.54, 1.807) is 32.2 Å². The number of aromatic hydroxyl groups is 1. The molecule has 3 aromatic rings. The summed E-state index contributed by atoms with van der Waals surface area (Å²) in [6.07, 6.45) is 1.76. The molecule has 168 valence electrons. The van der Waals surface area contributed by atoms with Crippen molar-refractivity contribution in [1.29, 1.82) is 0 Å². The minimum absolute atomic E-state index is 0.0355. The van der Waals surface area contributed by atoms with E-state index in [2.05, 4.69) is 20.1 Å². The van der Waals surface area contributed by atoms with Crippen LogP contribution < -0.4 is 10.5 Å². The third-order valence-corrected chi connectivity index (χ3v) is 7.35. The molecule has 2 aromatic heterocycles. The van der Waals surface area contributed by atoms with E-state index in [0.717, 1.165) is 19.3 Å². The standard InChI is InChI=1S/C23H27FN6O2/c1-12-25-17-10-14(20(31)11-15(17)23(32)28(12)2)16-6-8-21(27-26-16)30(4)19-9-13-5-7-18(22(19)24)29(13)3/h6,8,10-11,13,18-19,22,31H,5,7,9H2,1-4H3/t13?,18?,19-,22+/m0/s1. The number of alkyl halides is 1. The Morgan fingerprint density at radius 1 is 1.19 bits per heavy atom. The largest absolute Gasteiger partial charge is 0.507 e. The lowest BCUT2D eigenvalue weighted by atomic mass is 9.95. The summed E-state index contributed by atoms with van der Waals surface area (Å²) in [5, 5.41) is 19.5. The Hall–Kier alpha value is -3.07. The van der Waals surface area contributed by atoms with E-state index >= 15 is 4.39 Å². The van der Waals surface area contributed by atoms with Crippen molar-refractivity contribution in [3.8, 4) is 17.0 Å². The number of aryl methyl sites for hydroxylation is 1. The molecule has 0 radical (unpaired) electrons. The fourth-order valence-corrected chi connectivity index (χ4v) is 5.20. The zero-order valence-electron chi connectivity index (χ0n) is 18.7. The summed E-state index contributed by atoms with van der Waals surface area (Å²) < 4.78 is 16.6. The predicted octanol–water partition coefficient (Wildman–Crippen LogP) is 2.41. The summed E-state index contributed by atoms with van der Waals surface area (Å²) in [5.74, 6) is 1.11. The highest BCUT2D eigenvalue weighted by Crippen LogP contribution is 2.39. The molecule has 2 saturated heterocycles. The molecular formula is C23H27FN6O2. The van der Waals surface area contributed by atoms with Gasteiger partial charge < -0.3 is 10.0 Å². The van der Waals surface area contributed by atoms with Crippen LogP contribution in [-0.2, 0) is 7.05 Å². The summed E-state index contributed by atoms with van der Waals surface area (Å²) >= 11 is 0. The number of phenols is 1. The van der Waals surface area contributed by atoms with Crippen LogP contribution in [0.15, 0.2) is 29.1 Å². The Morgan fingerprint density at radius 2 is 1.97 bits per heavy atom. The molecule has 2 aliphatic heterocycles. The third-order valence-electron chi connectivity index (χ3n) is 7.35. The van der Waals surface area contributed by atoms with Crippen molar-refractivity contribution in [2.24, 2.45) is 7.05 Å². The maximum absolute atomic E-state index is 15.2. The molecule has 0 aliphatic carbocycles. The van der Waals surface area contributed by atoms with Crippen LogP contribution in [-0.4, -0.2) is 68.1 Å². The van der Waals surface area contributed by atoms with Gasteiger partial charge in [0.1, 0.15) is 17.7 Å². The minimum Gasteiger partial charge on any atom is -0.507 e. The molecule has 1 N–H and O–H groups in total. The molecular weight excluding hydrogens is 411 g/mol. The average molecular weight is 439 g/mol. The van der Waals surface area contributed by atoms with Crippen molar-refractivity contribution < 1.29 is 9.50 Å². The lowest BCUT2D eigenvalue weighted by molar-refractivity contribution is 0.0701. The van der Waals surface area contributed by atoms with Gasteiger partial charge in [0.2, 0.25) is 0 Å². The normalized spacial score (nSPS) is 25.4. The smallest absolute Gasteiger partial charge is 0.261 e. The molecule has 4 heterocycles. The van der Waals surface area contributed by atoms with Crippen LogP contribution in [0, 0.1) is 6.92 Å². The topological polar surface area (TPSA) is 87.4 Å². The number of rotatable bonds is 3. The number of hydrogen-bond donors (Lipinski definition) is 1. The van der Waals surface area contributed by atoms with Gasteiger partial charge in [0, 0.05) is 31.7 Å². The molecule has 5 rings (SSSR count). The van der Waals surface area contributed by atoms with Gasteiger partial charge in [-0.3, -0.25) is 14.3 Å². The van der Waals surface area contributed by atoms with E-state index in [9.17, 15) is 9.90 Å². The van der Waals surface area contributed by atoms with Crippen molar-refractivity contribution in [1.82, 2.24) is 24.6 Å². The highest BCUT2D eigenvalue weighted by molar-refractivity contribution is 5.86. The second-order valence-electron chi connectivity index (χ2n) is 9.01. The first-order chi connectivity index (χ1) is 15.3. The molecule has 32 heavy (non-hydrogen) atoms. The average Bonchev–Trinajstić information content (AvgIpc) is 3.05. The molecule has 0 spiro atoms. The SMILES string of the molecule is Cc1nc2cc(-c3ccc(N(C)[C@H]4CC5CCC([C@H]4F)N5C)nn3)c(O)cc2c(=O)n1C. The summed E-state index contributed by atoms with van der Waals surface area (Å²) in [7, 11) is 5.52. The molecule has 9 heteroatoms. The highest BCUT2D eigenvalue weighted by atomic mass is 19.1. The first-order valence-electron chi connectivity index (χ1n) is 10.9. The number of halogens is 1. The highest BCUT2D eigenvalue weighted by Gasteiger charge is 2.47. The first-order valence-corrected chi connectivity index (χ1v) is 10.9. The van der Waals surface area contributed by atoms with Gasteiger partial charge in [0.15, 0.2) is 5.82 Å². The molecule has 0 saturated carbocycles. The quantitative estimate of drug-likeness (QED) is 0.672. The Balaban J connectivity index is 1.45. The number of hydrogen-bond acceptors (Lipinski definition) is 7. The number of phenolic OH excluding ortho intramolecular Hbond substituents is 1. The Kier molecular flexibility index (Phi) is 4.88. The van der Waals surface area contributed by atoms with Crippen LogP contribution in [0.3, 0.4) is 0 Å². The van der Waals surface area contributed by atoms with E-state index in [4.69, 9.17) is 0 Å². The fraction of sp³-hybridized carbons (Fsp3) is 0.478. The number of aromatic nitrogens is 4. The van der Waals surface area contributed by atoms with Crippen molar-refractivity contribution >= 4 is 16.7 Å². The molecule has 1 aromatic carbocycles. The Morgan fingerprint density at radius 3 is 2.69 bits per heavy atom. The molecule has 8 nitrogen and oxygen atoms in total. The van der Waals surface area contributed by atoms with E-state index < -0.39 is 6.17 Å². The van der Waals surface area contributed by atoms with Gasteiger partial charge in [-0.2, -0.15) is 0 Å². The zero-order valence-corrected chi connectivity index (χ0v) is 18.7. The van der Waals surface area contributed by atoms with Crippen molar-refractivity contribution in [3.05, 3.63) is 40.4 Å². The van der Waals surface area contributed by atoms with Gasteiger partial charge in [0.25, 0.3) is 5.56 Å². The summed E-state index contributed by atoms with van der Waals surface area (Å²) in [4.78, 5) is 21.0. The van der Waals surface area contributed by atoms with Gasteiger partial charge in [-0.05, 0) is 57.5 Å². The van der Waals surface area contributed by atoms with E-state index in [1.165, 1.54) is 10.6 Å². The van der Waals surface area contributed by atoms with Crippen LogP contribution in [0.2, 0.25) is 0 Å². The Labute approximate surface area is 185 Å². The molecule has 2 unspecified atom stereocenters. The maximum Gasteiger partial charge on any atom is 0.261 e. The van der Waals surface area contributed by atoms with E-state index in [0.29, 0.717) is 39.8 Å². The van der Waals surface area contributed by atoms with Gasteiger partial charge in [0.05, 0.1) is 22.6 Å². The van der Waals surface area contributed by atoms with Crippen molar-refractivity contribution in [2.45, 2.75) is 50.5 Å². The molecule has 4 atom stereocenters. The third kappa shape index (κ3) is 3.14. The van der Waals surface area contributed by atoms with Crippen LogP contribution in [0.25, 0.3) is 22.2 Å². The fourth-order valence-electron chi connectivity index (χ4n) is 5.20. The Bertz CT molecular complexity index is 1240. The van der Waals surface area contributed by atoms with Gasteiger partial charge in [-0.25, -0.2) is 9.37 Å². The summed E-state index contributed by atoms with van der Waals surface area (Å²) in [5.41, 5.74) is 1.18. The van der Waals surface area contributed by atoms with E-state index in [-0.39, 0.29) is 23.4 Å². The molecule has 2 bridgehead atoms.